The first-order valence-electron chi connectivity index (χ1n) is 11.2. The fourth-order valence-corrected chi connectivity index (χ4v) is 6.65. The van der Waals surface area contributed by atoms with Gasteiger partial charge in [-0.3, -0.25) is 9.59 Å². The first-order chi connectivity index (χ1) is 16.1. The zero-order valence-corrected chi connectivity index (χ0v) is 18.8. The van der Waals surface area contributed by atoms with Gasteiger partial charge in [-0.2, -0.15) is 0 Å². The van der Waals surface area contributed by atoms with Crippen LogP contribution in [0.1, 0.15) is 33.7 Å². The standard InChI is InChI=1S/C28H25NO4/c1-16-12-14-17(15-13-16)29-25(30)23-22-18-8-4-6-10-20(18)28(24(23)26(29)31,27(32-2)33-3)21-11-7-5-9-19(21)22/h4-15,22-24,27H,1-3H3/t22?,23-,24-,28?/m1/s1. The third-order valence-corrected chi connectivity index (χ3v) is 7.78. The van der Waals surface area contributed by atoms with Gasteiger partial charge in [0.25, 0.3) is 0 Å². The van der Waals surface area contributed by atoms with Crippen LogP contribution in [0.15, 0.2) is 72.8 Å². The van der Waals surface area contributed by atoms with Crippen LogP contribution in [0, 0.1) is 18.8 Å². The van der Waals surface area contributed by atoms with E-state index in [0.717, 1.165) is 27.8 Å². The van der Waals surface area contributed by atoms with Crippen molar-refractivity contribution in [2.45, 2.75) is 24.5 Å². The van der Waals surface area contributed by atoms with E-state index in [1.807, 2.05) is 55.5 Å². The summed E-state index contributed by atoms with van der Waals surface area (Å²) in [4.78, 5) is 29.6. The Balaban J connectivity index is 1.67. The molecule has 0 N–H and O–H groups in total. The number of ether oxygens (including phenoxy) is 2. The molecule has 2 atom stereocenters. The molecule has 4 aliphatic rings. The number of benzene rings is 3. The van der Waals surface area contributed by atoms with E-state index >= 15 is 0 Å². The number of imide groups is 1. The molecule has 3 aromatic carbocycles. The molecule has 0 saturated carbocycles. The molecule has 2 bridgehead atoms. The zero-order valence-electron chi connectivity index (χ0n) is 18.8. The van der Waals surface area contributed by atoms with E-state index < -0.39 is 23.5 Å². The maximum atomic E-state index is 14.2. The summed E-state index contributed by atoms with van der Waals surface area (Å²) in [6.07, 6.45) is -0.733. The topological polar surface area (TPSA) is 55.8 Å². The first-order valence-corrected chi connectivity index (χ1v) is 11.2. The minimum Gasteiger partial charge on any atom is -0.355 e. The predicted octanol–water partition coefficient (Wildman–Crippen LogP) is 4.16. The number of nitrogens with zero attached hydrogens (tertiary/aromatic N) is 1. The highest BCUT2D eigenvalue weighted by Gasteiger charge is 2.71. The van der Waals surface area contributed by atoms with Crippen LogP contribution in [0.3, 0.4) is 0 Å². The number of amides is 2. The number of hydrogen-bond acceptors (Lipinski definition) is 4. The van der Waals surface area contributed by atoms with E-state index in [9.17, 15) is 9.59 Å². The predicted molar refractivity (Wildman–Crippen MR) is 124 cm³/mol. The smallest absolute Gasteiger partial charge is 0.239 e. The van der Waals surface area contributed by atoms with Gasteiger partial charge < -0.3 is 9.47 Å². The maximum absolute atomic E-state index is 14.2. The average Bonchev–Trinajstić information content (AvgIpc) is 3.12. The van der Waals surface area contributed by atoms with Gasteiger partial charge in [0.2, 0.25) is 11.8 Å². The van der Waals surface area contributed by atoms with Gasteiger partial charge in [0.15, 0.2) is 6.29 Å². The second kappa shape index (κ2) is 7.11. The van der Waals surface area contributed by atoms with E-state index in [1.165, 1.54) is 4.90 Å². The minimum absolute atomic E-state index is 0.154. The highest BCUT2D eigenvalue weighted by molar-refractivity contribution is 6.23. The highest BCUT2D eigenvalue weighted by atomic mass is 16.7. The number of carbonyl (C=O) groups excluding carboxylic acids is 2. The summed E-state index contributed by atoms with van der Waals surface area (Å²) in [5.41, 5.74) is 4.92. The van der Waals surface area contributed by atoms with Crippen LogP contribution in [0.4, 0.5) is 5.69 Å². The average molecular weight is 440 g/mol. The fourth-order valence-electron chi connectivity index (χ4n) is 6.65. The number of methoxy groups -OCH3 is 2. The summed E-state index contributed by atoms with van der Waals surface area (Å²) in [5.74, 6) is -1.67. The second-order valence-corrected chi connectivity index (χ2v) is 9.18. The molecule has 5 heteroatoms. The molecule has 7 rings (SSSR count). The molecule has 0 radical (unpaired) electrons. The number of anilines is 1. The van der Waals surface area contributed by atoms with Crippen molar-refractivity contribution in [2.75, 3.05) is 19.1 Å². The summed E-state index contributed by atoms with van der Waals surface area (Å²) in [6, 6.07) is 23.8. The Morgan fingerprint density at radius 3 is 1.88 bits per heavy atom. The summed E-state index contributed by atoms with van der Waals surface area (Å²) >= 11 is 0. The van der Waals surface area contributed by atoms with Crippen LogP contribution in [-0.2, 0) is 24.5 Å². The van der Waals surface area contributed by atoms with Gasteiger partial charge in [-0.05, 0) is 41.3 Å². The summed E-state index contributed by atoms with van der Waals surface area (Å²) < 4.78 is 11.8. The molecule has 166 valence electrons. The number of hydrogen-bond donors (Lipinski definition) is 0. The summed E-state index contributed by atoms with van der Waals surface area (Å²) in [5, 5.41) is 0. The van der Waals surface area contributed by atoms with Crippen LogP contribution in [-0.4, -0.2) is 32.3 Å². The van der Waals surface area contributed by atoms with Crippen LogP contribution in [0.5, 0.6) is 0 Å². The van der Waals surface area contributed by atoms with Crippen LogP contribution >= 0.6 is 0 Å². The van der Waals surface area contributed by atoms with Gasteiger partial charge >= 0.3 is 0 Å². The lowest BCUT2D eigenvalue weighted by Crippen LogP contribution is -2.60. The van der Waals surface area contributed by atoms with Crippen molar-refractivity contribution in [3.8, 4) is 0 Å². The molecule has 2 amide bonds. The molecule has 3 aromatic rings. The molecule has 0 aromatic heterocycles. The van der Waals surface area contributed by atoms with Gasteiger partial charge in [0.05, 0.1) is 22.9 Å². The quantitative estimate of drug-likeness (QED) is 0.452. The Bertz CT molecular complexity index is 1230. The SMILES string of the molecule is COC(OC)C12c3ccccc3C(c3ccccc31)[C@H]1C(=O)N(c3ccc(C)cc3)C(=O)[C@@H]12. The molecule has 33 heavy (non-hydrogen) atoms. The van der Waals surface area contributed by atoms with Crippen LogP contribution in [0.25, 0.3) is 0 Å². The number of carbonyl (C=O) groups is 2. The molecular weight excluding hydrogens is 414 g/mol. The van der Waals surface area contributed by atoms with E-state index in [2.05, 4.69) is 24.3 Å². The normalized spacial score (nSPS) is 27.0. The largest absolute Gasteiger partial charge is 0.355 e. The second-order valence-electron chi connectivity index (χ2n) is 9.18. The monoisotopic (exact) mass is 439 g/mol. The van der Waals surface area contributed by atoms with Gasteiger partial charge in [-0.25, -0.2) is 4.90 Å². The zero-order chi connectivity index (χ0) is 22.9. The summed E-state index contributed by atoms with van der Waals surface area (Å²) in [6.45, 7) is 1.99. The van der Waals surface area contributed by atoms with Crippen LogP contribution in [0.2, 0.25) is 0 Å². The lowest BCUT2D eigenvalue weighted by molar-refractivity contribution is -0.168. The van der Waals surface area contributed by atoms with E-state index in [-0.39, 0.29) is 17.7 Å². The molecule has 5 nitrogen and oxygen atoms in total. The van der Waals surface area contributed by atoms with Crippen molar-refractivity contribution in [1.82, 2.24) is 0 Å². The van der Waals surface area contributed by atoms with E-state index in [0.29, 0.717) is 5.69 Å². The van der Waals surface area contributed by atoms with Gasteiger partial charge in [0.1, 0.15) is 0 Å². The maximum Gasteiger partial charge on any atom is 0.239 e. The Morgan fingerprint density at radius 2 is 1.33 bits per heavy atom. The lowest BCUT2D eigenvalue weighted by atomic mass is 9.47. The molecule has 3 aliphatic carbocycles. The molecule has 1 heterocycles. The minimum atomic E-state index is -0.928. The van der Waals surface area contributed by atoms with Crippen molar-refractivity contribution in [3.63, 3.8) is 0 Å². The fraction of sp³-hybridized carbons (Fsp3) is 0.286. The molecule has 1 aliphatic heterocycles. The third-order valence-electron chi connectivity index (χ3n) is 7.78. The van der Waals surface area contributed by atoms with Gasteiger partial charge in [-0.1, -0.05) is 66.2 Å². The van der Waals surface area contributed by atoms with Crippen molar-refractivity contribution in [2.24, 2.45) is 11.8 Å². The van der Waals surface area contributed by atoms with Crippen molar-refractivity contribution in [3.05, 3.63) is 101 Å². The third kappa shape index (κ3) is 2.39. The number of rotatable bonds is 4. The van der Waals surface area contributed by atoms with Crippen LogP contribution < -0.4 is 4.90 Å². The molecular formula is C28H25NO4. The van der Waals surface area contributed by atoms with E-state index in [4.69, 9.17) is 9.47 Å². The Morgan fingerprint density at radius 1 is 0.788 bits per heavy atom. The van der Waals surface area contributed by atoms with Crippen molar-refractivity contribution in [1.29, 1.82) is 0 Å². The van der Waals surface area contributed by atoms with Crippen molar-refractivity contribution < 1.29 is 19.1 Å². The highest BCUT2D eigenvalue weighted by Crippen LogP contribution is 2.65. The summed E-state index contributed by atoms with van der Waals surface area (Å²) in [7, 11) is 3.20. The lowest BCUT2D eigenvalue weighted by Gasteiger charge is -2.56. The first kappa shape index (κ1) is 20.3. The number of aryl methyl sites for hydroxylation is 1. The molecule has 1 saturated heterocycles. The van der Waals surface area contributed by atoms with Crippen molar-refractivity contribution >= 4 is 17.5 Å². The molecule has 0 unspecified atom stereocenters. The van der Waals surface area contributed by atoms with Gasteiger partial charge in [-0.15, -0.1) is 0 Å². The Hall–Kier alpha value is -3.28. The molecule has 0 spiro atoms. The molecule has 1 fully saturated rings. The Labute approximate surface area is 192 Å². The van der Waals surface area contributed by atoms with E-state index in [1.54, 1.807) is 14.2 Å². The van der Waals surface area contributed by atoms with Gasteiger partial charge in [0, 0.05) is 20.1 Å². The Kier molecular flexibility index (Phi) is 4.38.